The van der Waals surface area contributed by atoms with Gasteiger partial charge < -0.3 is 5.32 Å². The number of nitriles is 1. The summed E-state index contributed by atoms with van der Waals surface area (Å²) in [5.41, 5.74) is 2.06. The Hall–Kier alpha value is -2.89. The molecule has 0 aromatic heterocycles. The van der Waals surface area contributed by atoms with Crippen LogP contribution >= 0.6 is 0 Å². The lowest BCUT2D eigenvalue weighted by atomic mass is 10.0. The van der Waals surface area contributed by atoms with Crippen LogP contribution in [0, 0.1) is 11.3 Å². The van der Waals surface area contributed by atoms with Crippen LogP contribution in [0.3, 0.4) is 0 Å². The zero-order chi connectivity index (χ0) is 24.7. The molecular weight excluding hydrogens is 460 g/mol. The average Bonchev–Trinajstić information content (AvgIpc) is 3.14. The van der Waals surface area contributed by atoms with E-state index in [4.69, 9.17) is 0 Å². The maximum Gasteiger partial charge on any atom is 0.322 e. The summed E-state index contributed by atoms with van der Waals surface area (Å²) in [5.74, 6) is -0.00441. The van der Waals surface area contributed by atoms with E-state index in [1.807, 2.05) is 47.4 Å². The lowest BCUT2D eigenvalue weighted by Crippen LogP contribution is -2.52. The number of carbonyl (C=O) groups excluding carboxylic acids is 1. The third-order valence-corrected chi connectivity index (χ3v) is 8.88. The maximum atomic E-state index is 13.5. The van der Waals surface area contributed by atoms with Crippen LogP contribution in [-0.2, 0) is 15.8 Å². The molecule has 7 nitrogen and oxygen atoms in total. The summed E-state index contributed by atoms with van der Waals surface area (Å²) in [7, 11) is -3.40. The van der Waals surface area contributed by atoms with Crippen LogP contribution in [0.1, 0.15) is 62.5 Å². The van der Waals surface area contributed by atoms with E-state index in [1.165, 1.54) is 12.8 Å². The first-order valence-electron chi connectivity index (χ1n) is 12.6. The number of sulfonamides is 1. The number of hydrogen-bond donors (Lipinski definition) is 1. The summed E-state index contributed by atoms with van der Waals surface area (Å²) >= 11 is 0. The van der Waals surface area contributed by atoms with Crippen molar-refractivity contribution in [1.29, 1.82) is 5.26 Å². The third kappa shape index (κ3) is 6.62. The van der Waals surface area contributed by atoms with Gasteiger partial charge in [0.15, 0.2) is 0 Å². The van der Waals surface area contributed by atoms with E-state index in [2.05, 4.69) is 11.4 Å². The minimum atomic E-state index is -3.40. The highest BCUT2D eigenvalue weighted by molar-refractivity contribution is 7.88. The molecule has 1 aliphatic heterocycles. The molecule has 1 saturated carbocycles. The van der Waals surface area contributed by atoms with Crippen LogP contribution < -0.4 is 10.2 Å². The van der Waals surface area contributed by atoms with Crippen molar-refractivity contribution >= 4 is 21.7 Å². The van der Waals surface area contributed by atoms with E-state index in [1.54, 1.807) is 16.4 Å². The minimum Gasteiger partial charge on any atom is -0.335 e. The first-order chi connectivity index (χ1) is 17.0. The standard InChI is InChI=1S/C27H34N4O3S/c28-20-23-11-8-14-26(19-23)31(25-12-6-1-2-7-13-25)27(32)29-24-15-17-30(18-16-24)35(33,34)21-22-9-4-3-5-10-22/h3-5,8-11,14,19,24-25H,1-2,6-7,12-13,15-18,21H2,(H,29,32). The van der Waals surface area contributed by atoms with Crippen molar-refractivity contribution in [3.8, 4) is 6.07 Å². The lowest BCUT2D eigenvalue weighted by molar-refractivity contribution is 0.230. The van der Waals surface area contributed by atoms with Gasteiger partial charge in [-0.1, -0.05) is 62.1 Å². The molecule has 1 heterocycles. The number of nitrogens with zero attached hydrogens (tertiary/aromatic N) is 3. The van der Waals surface area contributed by atoms with E-state index in [-0.39, 0.29) is 23.9 Å². The molecule has 2 aliphatic rings. The van der Waals surface area contributed by atoms with Crippen LogP contribution in [0.2, 0.25) is 0 Å². The summed E-state index contributed by atoms with van der Waals surface area (Å²) in [5, 5.41) is 12.5. The van der Waals surface area contributed by atoms with Gasteiger partial charge in [-0.25, -0.2) is 17.5 Å². The van der Waals surface area contributed by atoms with Gasteiger partial charge in [0.05, 0.1) is 17.4 Å². The molecule has 8 heteroatoms. The highest BCUT2D eigenvalue weighted by Gasteiger charge is 2.32. The Bertz CT molecular complexity index is 1130. The number of nitrogens with one attached hydrogen (secondary N) is 1. The van der Waals surface area contributed by atoms with E-state index < -0.39 is 10.0 Å². The molecule has 1 N–H and O–H groups in total. The number of carbonyl (C=O) groups is 1. The first kappa shape index (κ1) is 25.2. The molecule has 186 valence electrons. The predicted molar refractivity (Wildman–Crippen MR) is 137 cm³/mol. The molecule has 2 amide bonds. The molecule has 0 spiro atoms. The molecule has 0 atom stereocenters. The van der Waals surface area contributed by atoms with E-state index in [0.29, 0.717) is 31.5 Å². The Morgan fingerprint density at radius 1 is 0.971 bits per heavy atom. The van der Waals surface area contributed by atoms with Crippen LogP contribution in [0.4, 0.5) is 10.5 Å². The van der Waals surface area contributed by atoms with Crippen molar-refractivity contribution in [1.82, 2.24) is 9.62 Å². The normalized spacial score (nSPS) is 18.4. The first-order valence-corrected chi connectivity index (χ1v) is 14.2. The minimum absolute atomic E-state index is 0.00441. The van der Waals surface area contributed by atoms with Gasteiger partial charge in [-0.2, -0.15) is 5.26 Å². The fourth-order valence-electron chi connectivity index (χ4n) is 5.13. The van der Waals surface area contributed by atoms with E-state index in [0.717, 1.165) is 36.9 Å². The second-order valence-electron chi connectivity index (χ2n) is 9.54. The van der Waals surface area contributed by atoms with Crippen LogP contribution in [0.25, 0.3) is 0 Å². The highest BCUT2D eigenvalue weighted by Crippen LogP contribution is 2.28. The van der Waals surface area contributed by atoms with Crippen LogP contribution in [-0.4, -0.2) is 43.9 Å². The molecule has 4 rings (SSSR count). The lowest BCUT2D eigenvalue weighted by Gasteiger charge is -2.36. The number of benzene rings is 2. The van der Waals surface area contributed by atoms with Crippen molar-refractivity contribution in [2.24, 2.45) is 0 Å². The Morgan fingerprint density at radius 3 is 2.31 bits per heavy atom. The van der Waals surface area contributed by atoms with Gasteiger partial charge in [0.1, 0.15) is 0 Å². The van der Waals surface area contributed by atoms with Gasteiger partial charge in [0.25, 0.3) is 0 Å². The molecular formula is C27H34N4O3S. The quantitative estimate of drug-likeness (QED) is 0.584. The molecule has 0 radical (unpaired) electrons. The van der Waals surface area contributed by atoms with Crippen molar-refractivity contribution in [2.75, 3.05) is 18.0 Å². The van der Waals surface area contributed by atoms with Gasteiger partial charge in [-0.15, -0.1) is 0 Å². The average molecular weight is 495 g/mol. The largest absolute Gasteiger partial charge is 0.335 e. The van der Waals surface area contributed by atoms with Crippen molar-refractivity contribution in [2.45, 2.75) is 69.2 Å². The van der Waals surface area contributed by atoms with Gasteiger partial charge in [-0.05, 0) is 49.4 Å². The third-order valence-electron chi connectivity index (χ3n) is 7.03. The molecule has 2 aromatic carbocycles. The Morgan fingerprint density at radius 2 is 1.66 bits per heavy atom. The second-order valence-corrected chi connectivity index (χ2v) is 11.5. The molecule has 35 heavy (non-hydrogen) atoms. The van der Waals surface area contributed by atoms with Gasteiger partial charge in [0, 0.05) is 30.9 Å². The molecule has 2 aromatic rings. The zero-order valence-corrected chi connectivity index (χ0v) is 20.9. The maximum absolute atomic E-state index is 13.5. The number of piperidine rings is 1. The summed E-state index contributed by atoms with van der Waals surface area (Å²) in [4.78, 5) is 15.4. The number of rotatable bonds is 6. The van der Waals surface area contributed by atoms with Gasteiger partial charge in [0.2, 0.25) is 10.0 Å². The Kier molecular flexibility index (Phi) is 8.42. The van der Waals surface area contributed by atoms with Crippen molar-refractivity contribution in [3.05, 3.63) is 65.7 Å². The summed E-state index contributed by atoms with van der Waals surface area (Å²) < 4.78 is 27.3. The Labute approximate surface area is 208 Å². The van der Waals surface area contributed by atoms with Crippen molar-refractivity contribution in [3.63, 3.8) is 0 Å². The highest BCUT2D eigenvalue weighted by atomic mass is 32.2. The fraction of sp³-hybridized carbons (Fsp3) is 0.481. The molecule has 0 bridgehead atoms. The molecule has 2 fully saturated rings. The Balaban J connectivity index is 1.41. The zero-order valence-electron chi connectivity index (χ0n) is 20.1. The fourth-order valence-corrected chi connectivity index (χ4v) is 6.70. The van der Waals surface area contributed by atoms with Gasteiger partial charge in [-0.3, -0.25) is 4.90 Å². The predicted octanol–water partition coefficient (Wildman–Crippen LogP) is 4.79. The topological polar surface area (TPSA) is 93.5 Å². The van der Waals surface area contributed by atoms with E-state index in [9.17, 15) is 18.5 Å². The molecule has 1 aliphatic carbocycles. The van der Waals surface area contributed by atoms with Crippen molar-refractivity contribution < 1.29 is 13.2 Å². The smallest absolute Gasteiger partial charge is 0.322 e. The number of anilines is 1. The molecule has 1 saturated heterocycles. The van der Waals surface area contributed by atoms with Crippen LogP contribution in [0.5, 0.6) is 0 Å². The SMILES string of the molecule is N#Cc1cccc(N(C(=O)NC2CCN(S(=O)(=O)Cc3ccccc3)CC2)C2CCCCCC2)c1. The second kappa shape index (κ2) is 11.7. The monoisotopic (exact) mass is 494 g/mol. The summed E-state index contributed by atoms with van der Waals surface area (Å²) in [6, 6.07) is 18.5. The van der Waals surface area contributed by atoms with Crippen LogP contribution in [0.15, 0.2) is 54.6 Å². The molecule has 0 unspecified atom stereocenters. The number of urea groups is 1. The summed E-state index contributed by atoms with van der Waals surface area (Å²) in [6.07, 6.45) is 7.59. The summed E-state index contributed by atoms with van der Waals surface area (Å²) in [6.45, 7) is 0.793. The van der Waals surface area contributed by atoms with E-state index >= 15 is 0 Å². The number of hydrogen-bond acceptors (Lipinski definition) is 4. The number of amides is 2. The van der Waals surface area contributed by atoms with Gasteiger partial charge >= 0.3 is 6.03 Å².